The quantitative estimate of drug-likeness (QED) is 0.379. The number of carbonyl (C=O) groups is 3. The first-order valence-corrected chi connectivity index (χ1v) is 16.3. The molecule has 1 aromatic rings. The highest BCUT2D eigenvalue weighted by molar-refractivity contribution is 5.94. The number of rotatable bonds is 7. The second kappa shape index (κ2) is 15.3. The van der Waals surface area contributed by atoms with Crippen LogP contribution in [-0.2, 0) is 9.53 Å². The Balaban J connectivity index is 0.000000591. The summed E-state index contributed by atoms with van der Waals surface area (Å²) >= 11 is 0. The molecule has 1 aliphatic carbocycles. The minimum atomic E-state index is -5.08. The second-order valence-corrected chi connectivity index (χ2v) is 12.8. The minimum absolute atomic E-state index is 0.0558. The molecule has 3 aliphatic heterocycles. The molecule has 2 amide bonds. The third kappa shape index (κ3) is 8.69. The average molecular weight is 635 g/mol. The van der Waals surface area contributed by atoms with Gasteiger partial charge in [-0.3, -0.25) is 9.69 Å². The van der Waals surface area contributed by atoms with E-state index in [1.165, 1.54) is 32.1 Å². The monoisotopic (exact) mass is 634 g/mol. The van der Waals surface area contributed by atoms with Gasteiger partial charge in [-0.05, 0) is 62.3 Å². The number of carboxylic acids is 1. The number of nitriles is 1. The van der Waals surface area contributed by atoms with E-state index in [1.54, 1.807) is 24.3 Å². The Kier molecular flexibility index (Phi) is 11.7. The number of hydrogen-bond acceptors (Lipinski definition) is 6. The highest BCUT2D eigenvalue weighted by Crippen LogP contribution is 2.43. The summed E-state index contributed by atoms with van der Waals surface area (Å²) in [6.45, 7) is 6.55. The van der Waals surface area contributed by atoms with Crippen molar-refractivity contribution in [1.29, 1.82) is 5.26 Å². The summed E-state index contributed by atoms with van der Waals surface area (Å²) in [4.78, 5) is 41.7. The largest absolute Gasteiger partial charge is 0.490 e. The van der Waals surface area contributed by atoms with E-state index >= 15 is 0 Å². The number of hydrogen-bond donors (Lipinski definition) is 1. The number of aliphatic carboxylic acids is 1. The van der Waals surface area contributed by atoms with E-state index in [9.17, 15) is 22.8 Å². The number of alkyl halides is 3. The first-order valence-electron chi connectivity index (χ1n) is 16.3. The van der Waals surface area contributed by atoms with Crippen molar-refractivity contribution in [2.75, 3.05) is 32.7 Å². The fraction of sp³-hybridized carbons (Fsp3) is 0.697. The lowest BCUT2D eigenvalue weighted by molar-refractivity contribution is -0.192. The molecule has 1 saturated carbocycles. The van der Waals surface area contributed by atoms with Crippen LogP contribution < -0.4 is 0 Å². The predicted molar refractivity (Wildman–Crippen MR) is 160 cm³/mol. The van der Waals surface area contributed by atoms with Crippen LogP contribution in [0, 0.1) is 17.2 Å². The van der Waals surface area contributed by atoms with Gasteiger partial charge in [0.2, 0.25) is 0 Å². The van der Waals surface area contributed by atoms with Gasteiger partial charge in [-0.15, -0.1) is 0 Å². The van der Waals surface area contributed by atoms with E-state index in [0.717, 1.165) is 77.7 Å². The molecule has 5 rings (SSSR count). The highest BCUT2D eigenvalue weighted by atomic mass is 19.4. The Bertz CT molecular complexity index is 1200. The maximum absolute atomic E-state index is 13.2. The molecule has 3 saturated heterocycles. The van der Waals surface area contributed by atoms with E-state index < -0.39 is 12.1 Å². The van der Waals surface area contributed by atoms with E-state index in [-0.39, 0.29) is 23.6 Å². The summed E-state index contributed by atoms with van der Waals surface area (Å²) in [5.74, 6) is -2.07. The Morgan fingerprint density at radius 3 is 2.16 bits per heavy atom. The van der Waals surface area contributed by atoms with E-state index in [1.807, 2.05) is 4.90 Å². The van der Waals surface area contributed by atoms with E-state index in [0.29, 0.717) is 23.1 Å². The zero-order valence-electron chi connectivity index (χ0n) is 26.1. The summed E-state index contributed by atoms with van der Waals surface area (Å²) < 4.78 is 38.0. The number of ether oxygens (including phenoxy) is 1. The van der Waals surface area contributed by atoms with Crippen molar-refractivity contribution in [1.82, 2.24) is 14.7 Å². The highest BCUT2D eigenvalue weighted by Gasteiger charge is 2.55. The molecule has 3 heterocycles. The Labute approximate surface area is 263 Å². The smallest absolute Gasteiger partial charge is 0.475 e. The van der Waals surface area contributed by atoms with Crippen LogP contribution in [0.15, 0.2) is 24.3 Å². The van der Waals surface area contributed by atoms with Crippen LogP contribution in [0.5, 0.6) is 0 Å². The molecule has 1 unspecified atom stereocenters. The molecule has 9 nitrogen and oxygen atoms in total. The normalized spacial score (nSPS) is 22.8. The van der Waals surface area contributed by atoms with Gasteiger partial charge in [0.05, 0.1) is 17.7 Å². The summed E-state index contributed by atoms with van der Waals surface area (Å²) in [6, 6.07) is 9.73. The number of nitrogens with zero attached hydrogens (tertiary/aromatic N) is 4. The molecule has 248 valence electrons. The summed E-state index contributed by atoms with van der Waals surface area (Å²) in [5, 5.41) is 16.1. The second-order valence-electron chi connectivity index (χ2n) is 12.8. The molecular formula is C33H45F3N4O5. The standard InChI is InChI=1S/C31H44N4O3.C2HF3O2/c1-2-3-9-28-31(38-30(37)35(28)23-25-7-5-4-6-8-25)16-20-33(21-17-31)27-14-18-34(19-15-27)29(36)26-12-10-24(22-32)11-13-26;3-2(4,5)1(6)7/h10-13,25,27-28H,2-9,14-21,23H2,1H3;(H,6,7). The molecule has 4 aliphatic rings. The van der Waals surface area contributed by atoms with Gasteiger partial charge in [0.1, 0.15) is 5.60 Å². The molecular weight excluding hydrogens is 589 g/mol. The fourth-order valence-corrected chi connectivity index (χ4v) is 7.38. The molecule has 1 spiro atoms. The minimum Gasteiger partial charge on any atom is -0.475 e. The summed E-state index contributed by atoms with van der Waals surface area (Å²) in [6.07, 6.45) is 8.38. The van der Waals surface area contributed by atoms with Crippen molar-refractivity contribution in [3.05, 3.63) is 35.4 Å². The van der Waals surface area contributed by atoms with Gasteiger partial charge in [0.15, 0.2) is 0 Å². The van der Waals surface area contributed by atoms with Crippen molar-refractivity contribution in [2.45, 2.75) is 108 Å². The number of carboxylic acid groups (broad SMARTS) is 1. The Morgan fingerprint density at radius 2 is 1.62 bits per heavy atom. The van der Waals surface area contributed by atoms with Crippen LogP contribution in [-0.4, -0.2) is 94.4 Å². The van der Waals surface area contributed by atoms with Crippen LogP contribution in [0.3, 0.4) is 0 Å². The third-order valence-electron chi connectivity index (χ3n) is 9.94. The maximum Gasteiger partial charge on any atom is 0.490 e. The lowest BCUT2D eigenvalue weighted by Gasteiger charge is -2.46. The zero-order valence-corrected chi connectivity index (χ0v) is 26.1. The van der Waals surface area contributed by atoms with Crippen LogP contribution in [0.25, 0.3) is 0 Å². The molecule has 1 aromatic carbocycles. The van der Waals surface area contributed by atoms with Crippen molar-refractivity contribution < 1.29 is 37.4 Å². The van der Waals surface area contributed by atoms with Crippen LogP contribution in [0.2, 0.25) is 0 Å². The Hall–Kier alpha value is -3.33. The number of piperidine rings is 2. The van der Waals surface area contributed by atoms with Crippen molar-refractivity contribution in [2.24, 2.45) is 5.92 Å². The first kappa shape index (κ1) is 34.5. The Morgan fingerprint density at radius 1 is 1.02 bits per heavy atom. The number of halogens is 3. The van der Waals surface area contributed by atoms with Gasteiger partial charge in [-0.1, -0.05) is 39.0 Å². The van der Waals surface area contributed by atoms with Gasteiger partial charge in [0, 0.05) is 57.2 Å². The zero-order chi connectivity index (χ0) is 32.6. The molecule has 0 radical (unpaired) electrons. The molecule has 45 heavy (non-hydrogen) atoms. The number of amides is 2. The predicted octanol–water partition coefficient (Wildman–Crippen LogP) is 6.22. The van der Waals surface area contributed by atoms with Gasteiger partial charge < -0.3 is 19.6 Å². The van der Waals surface area contributed by atoms with E-state index in [2.05, 4.69) is 22.8 Å². The van der Waals surface area contributed by atoms with Gasteiger partial charge >= 0.3 is 18.2 Å². The van der Waals surface area contributed by atoms with Crippen molar-refractivity contribution in [3.8, 4) is 6.07 Å². The van der Waals surface area contributed by atoms with Gasteiger partial charge in [-0.25, -0.2) is 9.59 Å². The SMILES string of the molecule is CCCCC1N(CC2CCCCC2)C(=O)OC12CCN(C1CCN(C(=O)c3ccc(C#N)cc3)CC1)CC2.O=C(O)C(F)(F)F. The number of likely N-dealkylation sites (tertiary alicyclic amines) is 2. The summed E-state index contributed by atoms with van der Waals surface area (Å²) in [5.41, 5.74) is 0.898. The molecule has 0 aromatic heterocycles. The lowest BCUT2D eigenvalue weighted by atomic mass is 9.80. The maximum atomic E-state index is 13.2. The topological polar surface area (TPSA) is 114 Å². The van der Waals surface area contributed by atoms with Crippen LogP contribution in [0.1, 0.15) is 99.9 Å². The molecule has 1 atom stereocenters. The van der Waals surface area contributed by atoms with Gasteiger partial charge in [0.25, 0.3) is 5.91 Å². The fourth-order valence-electron chi connectivity index (χ4n) is 7.38. The van der Waals surface area contributed by atoms with Gasteiger partial charge in [-0.2, -0.15) is 18.4 Å². The molecule has 12 heteroatoms. The van der Waals surface area contributed by atoms with Crippen LogP contribution in [0.4, 0.5) is 18.0 Å². The lowest BCUT2D eigenvalue weighted by Crippen LogP contribution is -2.56. The molecule has 1 N–H and O–H groups in total. The first-order chi connectivity index (χ1) is 21.5. The number of unbranched alkanes of at least 4 members (excludes halogenated alkanes) is 1. The van der Waals surface area contributed by atoms with Crippen LogP contribution >= 0.6 is 0 Å². The number of benzene rings is 1. The van der Waals surface area contributed by atoms with Crippen molar-refractivity contribution >= 4 is 18.0 Å². The number of carbonyl (C=O) groups excluding carboxylic acids is 2. The molecule has 4 fully saturated rings. The van der Waals surface area contributed by atoms with Crippen molar-refractivity contribution in [3.63, 3.8) is 0 Å². The molecule has 0 bridgehead atoms. The third-order valence-corrected chi connectivity index (χ3v) is 9.94. The van der Waals surface area contributed by atoms with E-state index in [4.69, 9.17) is 19.9 Å². The average Bonchev–Trinajstić information content (AvgIpc) is 3.29. The summed E-state index contributed by atoms with van der Waals surface area (Å²) in [7, 11) is 0.